The molecular formula is C12H16N4O4. The van der Waals surface area contributed by atoms with E-state index in [1.807, 2.05) is 0 Å². The summed E-state index contributed by atoms with van der Waals surface area (Å²) >= 11 is 0. The van der Waals surface area contributed by atoms with Gasteiger partial charge < -0.3 is 21.1 Å². The van der Waals surface area contributed by atoms with Crippen LogP contribution in [0.25, 0.3) is 0 Å². The first-order valence-corrected chi connectivity index (χ1v) is 5.81. The number of hydrogen-bond donors (Lipinski definition) is 3. The van der Waals surface area contributed by atoms with Crippen LogP contribution in [0.4, 0.5) is 4.79 Å². The molecule has 0 fully saturated rings. The van der Waals surface area contributed by atoms with Crippen molar-refractivity contribution in [2.75, 3.05) is 7.05 Å². The number of nitrogens with zero attached hydrogens (tertiary/aromatic N) is 2. The van der Waals surface area contributed by atoms with Crippen molar-refractivity contribution in [1.82, 2.24) is 15.2 Å². The van der Waals surface area contributed by atoms with Crippen molar-refractivity contribution in [3.8, 4) is 0 Å². The monoisotopic (exact) mass is 280 g/mol. The molecule has 0 saturated heterocycles. The normalized spacial score (nSPS) is 11.4. The number of carboxylic acid groups (broad SMARTS) is 1. The van der Waals surface area contributed by atoms with E-state index in [0.29, 0.717) is 0 Å². The fourth-order valence-corrected chi connectivity index (χ4v) is 1.49. The molecule has 0 bridgehead atoms. The van der Waals surface area contributed by atoms with Crippen molar-refractivity contribution in [3.05, 3.63) is 30.1 Å². The minimum Gasteiger partial charge on any atom is -0.480 e. The molecule has 1 aromatic heterocycles. The van der Waals surface area contributed by atoms with Crippen LogP contribution < -0.4 is 11.1 Å². The molecule has 0 saturated carbocycles. The Balaban J connectivity index is 2.59. The van der Waals surface area contributed by atoms with E-state index in [0.717, 1.165) is 5.56 Å². The Bertz CT molecular complexity index is 491. The number of carbonyl (C=O) groups excluding carboxylic acids is 2. The Hall–Kier alpha value is -2.64. The van der Waals surface area contributed by atoms with E-state index in [-0.39, 0.29) is 6.54 Å². The lowest BCUT2D eigenvalue weighted by Gasteiger charge is -2.20. The summed E-state index contributed by atoms with van der Waals surface area (Å²) in [6, 6.07) is 1.54. The highest BCUT2D eigenvalue weighted by Crippen LogP contribution is 2.02. The van der Waals surface area contributed by atoms with Crippen molar-refractivity contribution >= 4 is 17.9 Å². The fourth-order valence-electron chi connectivity index (χ4n) is 1.49. The molecule has 8 heteroatoms. The number of primary amides is 1. The first-order chi connectivity index (χ1) is 9.40. The molecule has 0 aliphatic heterocycles. The predicted octanol–water partition coefficient (Wildman–Crippen LogP) is -0.448. The van der Waals surface area contributed by atoms with Gasteiger partial charge in [0.25, 0.3) is 0 Å². The molecule has 0 aliphatic carbocycles. The number of amides is 3. The van der Waals surface area contributed by atoms with Crippen LogP contribution in [0.2, 0.25) is 0 Å². The summed E-state index contributed by atoms with van der Waals surface area (Å²) in [5.41, 5.74) is 5.78. The van der Waals surface area contributed by atoms with E-state index in [1.54, 1.807) is 24.5 Å². The van der Waals surface area contributed by atoms with Gasteiger partial charge >= 0.3 is 12.0 Å². The second-order valence-corrected chi connectivity index (χ2v) is 4.22. The molecule has 1 aromatic rings. The SMILES string of the molecule is CN(Cc1ccncc1)C(=O)N[C@H](CC(N)=O)C(=O)O. The Kier molecular flexibility index (Phi) is 5.45. The number of carbonyl (C=O) groups is 3. The number of urea groups is 1. The first-order valence-electron chi connectivity index (χ1n) is 5.81. The van der Waals surface area contributed by atoms with E-state index in [9.17, 15) is 14.4 Å². The molecule has 0 aromatic carbocycles. The lowest BCUT2D eigenvalue weighted by Crippen LogP contribution is -2.48. The van der Waals surface area contributed by atoms with Gasteiger partial charge in [-0.3, -0.25) is 9.78 Å². The molecule has 108 valence electrons. The Morgan fingerprint density at radius 3 is 2.50 bits per heavy atom. The average molecular weight is 280 g/mol. The third kappa shape index (κ3) is 4.92. The zero-order valence-electron chi connectivity index (χ0n) is 10.9. The molecule has 0 unspecified atom stereocenters. The molecule has 1 heterocycles. The van der Waals surface area contributed by atoms with Crippen LogP contribution in [0.1, 0.15) is 12.0 Å². The molecule has 3 amide bonds. The predicted molar refractivity (Wildman–Crippen MR) is 69.5 cm³/mol. The van der Waals surface area contributed by atoms with E-state index < -0.39 is 30.4 Å². The van der Waals surface area contributed by atoms with Gasteiger partial charge in [-0.1, -0.05) is 0 Å². The minimum absolute atomic E-state index is 0.289. The number of pyridine rings is 1. The third-order valence-corrected chi connectivity index (χ3v) is 2.52. The van der Waals surface area contributed by atoms with Crippen molar-refractivity contribution in [2.24, 2.45) is 5.73 Å². The van der Waals surface area contributed by atoms with Crippen LogP contribution in [-0.2, 0) is 16.1 Å². The Morgan fingerprint density at radius 2 is 2.00 bits per heavy atom. The zero-order chi connectivity index (χ0) is 15.1. The van der Waals surface area contributed by atoms with E-state index in [1.165, 1.54) is 11.9 Å². The number of nitrogens with two attached hydrogens (primary N) is 1. The second kappa shape index (κ2) is 7.07. The highest BCUT2D eigenvalue weighted by molar-refractivity contribution is 5.87. The van der Waals surface area contributed by atoms with Crippen molar-refractivity contribution < 1.29 is 19.5 Å². The van der Waals surface area contributed by atoms with Gasteiger partial charge in [-0.15, -0.1) is 0 Å². The van der Waals surface area contributed by atoms with Gasteiger partial charge in [0.15, 0.2) is 0 Å². The molecule has 1 rings (SSSR count). The van der Waals surface area contributed by atoms with E-state index in [2.05, 4.69) is 10.3 Å². The maximum Gasteiger partial charge on any atom is 0.326 e. The van der Waals surface area contributed by atoms with Gasteiger partial charge in [-0.25, -0.2) is 9.59 Å². The van der Waals surface area contributed by atoms with E-state index >= 15 is 0 Å². The summed E-state index contributed by atoms with van der Waals surface area (Å²) in [5.74, 6) is -2.11. The maximum absolute atomic E-state index is 11.8. The van der Waals surface area contributed by atoms with Crippen molar-refractivity contribution in [1.29, 1.82) is 0 Å². The molecule has 8 nitrogen and oxygen atoms in total. The highest BCUT2D eigenvalue weighted by Gasteiger charge is 2.23. The summed E-state index contributed by atoms with van der Waals surface area (Å²) in [5, 5.41) is 11.1. The van der Waals surface area contributed by atoms with Gasteiger partial charge in [0.05, 0.1) is 6.42 Å². The minimum atomic E-state index is -1.33. The maximum atomic E-state index is 11.8. The van der Waals surface area contributed by atoms with Gasteiger partial charge in [0.2, 0.25) is 5.91 Å². The lowest BCUT2D eigenvalue weighted by atomic mass is 10.2. The van der Waals surface area contributed by atoms with Crippen LogP contribution in [0.3, 0.4) is 0 Å². The summed E-state index contributed by atoms with van der Waals surface area (Å²) < 4.78 is 0. The molecule has 4 N–H and O–H groups in total. The zero-order valence-corrected chi connectivity index (χ0v) is 10.9. The summed E-state index contributed by atoms with van der Waals surface area (Å²) in [6.45, 7) is 0.289. The topological polar surface area (TPSA) is 126 Å². The number of aliphatic carboxylic acids is 1. The van der Waals surface area contributed by atoms with Crippen LogP contribution >= 0.6 is 0 Å². The smallest absolute Gasteiger partial charge is 0.326 e. The van der Waals surface area contributed by atoms with Crippen molar-refractivity contribution in [2.45, 2.75) is 19.0 Å². The standard InChI is InChI=1S/C12H16N4O4/c1-16(7-8-2-4-14-5-3-8)12(20)15-9(11(18)19)6-10(13)17/h2-5,9H,6-7H2,1H3,(H2,13,17)(H,15,20)(H,18,19)/t9-/m1/s1. The number of hydrogen-bond acceptors (Lipinski definition) is 4. The van der Waals surface area contributed by atoms with Crippen LogP contribution in [0, 0.1) is 0 Å². The lowest BCUT2D eigenvalue weighted by molar-refractivity contribution is -0.140. The quantitative estimate of drug-likeness (QED) is 0.650. The molecular weight excluding hydrogens is 264 g/mol. The number of aromatic nitrogens is 1. The number of carboxylic acids is 1. The summed E-state index contributed by atoms with van der Waals surface area (Å²) in [7, 11) is 1.51. The van der Waals surface area contributed by atoms with Gasteiger partial charge in [-0.2, -0.15) is 0 Å². The Labute approximate surface area is 115 Å². The number of nitrogens with one attached hydrogen (secondary N) is 1. The van der Waals surface area contributed by atoms with Gasteiger partial charge in [0, 0.05) is 26.0 Å². The molecule has 1 atom stereocenters. The van der Waals surface area contributed by atoms with Crippen LogP contribution in [-0.4, -0.2) is 46.0 Å². The molecule has 0 aliphatic rings. The van der Waals surface area contributed by atoms with Crippen molar-refractivity contribution in [3.63, 3.8) is 0 Å². The average Bonchev–Trinajstić information content (AvgIpc) is 2.38. The Morgan fingerprint density at radius 1 is 1.40 bits per heavy atom. The first kappa shape index (κ1) is 15.4. The largest absolute Gasteiger partial charge is 0.480 e. The molecule has 20 heavy (non-hydrogen) atoms. The van der Waals surface area contributed by atoms with Gasteiger partial charge in [-0.05, 0) is 17.7 Å². The van der Waals surface area contributed by atoms with Crippen LogP contribution in [0.5, 0.6) is 0 Å². The second-order valence-electron chi connectivity index (χ2n) is 4.22. The molecule has 0 spiro atoms. The van der Waals surface area contributed by atoms with E-state index in [4.69, 9.17) is 10.8 Å². The highest BCUT2D eigenvalue weighted by atomic mass is 16.4. The third-order valence-electron chi connectivity index (χ3n) is 2.52. The molecule has 0 radical (unpaired) electrons. The summed E-state index contributed by atoms with van der Waals surface area (Å²) in [4.78, 5) is 38.6. The fraction of sp³-hybridized carbons (Fsp3) is 0.333. The van der Waals surface area contributed by atoms with Gasteiger partial charge in [0.1, 0.15) is 6.04 Å². The summed E-state index contributed by atoms with van der Waals surface area (Å²) in [6.07, 6.45) is 2.73. The van der Waals surface area contributed by atoms with Crippen LogP contribution in [0.15, 0.2) is 24.5 Å². The number of rotatable bonds is 6.